The lowest BCUT2D eigenvalue weighted by Crippen LogP contribution is -2.17. The molecule has 5 nitrogen and oxygen atoms in total. The number of rotatable bonds is 7. The average Bonchev–Trinajstić information content (AvgIpc) is 2.91. The molecule has 1 heterocycles. The molecular formula is C21H19Cl2NO4S. The summed E-state index contributed by atoms with van der Waals surface area (Å²) in [5, 5.41) is 2.17. The summed E-state index contributed by atoms with van der Waals surface area (Å²) < 4.78 is 29.8. The molecular weight excluding hydrogens is 433 g/mol. The molecule has 1 aromatic heterocycles. The van der Waals surface area contributed by atoms with Crippen molar-refractivity contribution in [1.82, 2.24) is 4.57 Å². The molecule has 3 aromatic rings. The van der Waals surface area contributed by atoms with E-state index in [0.29, 0.717) is 10.0 Å². The van der Waals surface area contributed by atoms with Crippen LogP contribution in [0.3, 0.4) is 0 Å². The highest BCUT2D eigenvalue weighted by atomic mass is 35.5. The molecule has 0 aliphatic heterocycles. The quantitative estimate of drug-likeness (QED) is 0.357. The van der Waals surface area contributed by atoms with Gasteiger partial charge in [0.05, 0.1) is 6.42 Å². The number of nitrogens with zero attached hydrogens (tertiary/aromatic N) is 1. The molecule has 0 amide bonds. The highest BCUT2D eigenvalue weighted by Crippen LogP contribution is 2.36. The van der Waals surface area contributed by atoms with Crippen molar-refractivity contribution in [3.63, 3.8) is 0 Å². The van der Waals surface area contributed by atoms with E-state index in [-0.39, 0.29) is 13.0 Å². The van der Waals surface area contributed by atoms with Crippen molar-refractivity contribution in [3.05, 3.63) is 70.9 Å². The molecule has 0 atom stereocenters. The van der Waals surface area contributed by atoms with Crippen LogP contribution in [0.2, 0.25) is 10.0 Å². The van der Waals surface area contributed by atoms with Gasteiger partial charge in [0.1, 0.15) is 5.75 Å². The third-order valence-corrected chi connectivity index (χ3v) is 6.07. The summed E-state index contributed by atoms with van der Waals surface area (Å²) in [6.07, 6.45) is 1.08. The van der Waals surface area contributed by atoms with Crippen LogP contribution in [-0.4, -0.2) is 24.7 Å². The van der Waals surface area contributed by atoms with Gasteiger partial charge in [-0.05, 0) is 42.8 Å². The first kappa shape index (κ1) is 21.4. The van der Waals surface area contributed by atoms with E-state index in [1.54, 1.807) is 6.07 Å². The fourth-order valence-electron chi connectivity index (χ4n) is 3.29. The normalized spacial score (nSPS) is 11.6. The summed E-state index contributed by atoms with van der Waals surface area (Å²) in [7, 11) is -3.94. The van der Waals surface area contributed by atoms with E-state index in [4.69, 9.17) is 23.2 Å². The van der Waals surface area contributed by atoms with E-state index in [9.17, 15) is 13.2 Å². The molecule has 0 aliphatic carbocycles. The van der Waals surface area contributed by atoms with Crippen molar-refractivity contribution in [2.75, 3.05) is 5.75 Å². The number of fused-ring (bicyclic) bond motifs is 1. The topological polar surface area (TPSA) is 65.4 Å². The van der Waals surface area contributed by atoms with E-state index in [0.717, 1.165) is 27.7 Å². The molecule has 2 aromatic carbocycles. The maximum absolute atomic E-state index is 12.0. The number of carbonyl (C=O) groups is 1. The molecule has 29 heavy (non-hydrogen) atoms. The summed E-state index contributed by atoms with van der Waals surface area (Å²) in [6, 6.07) is 13.0. The van der Waals surface area contributed by atoms with E-state index in [2.05, 4.69) is 10.8 Å². The Morgan fingerprint density at radius 3 is 2.45 bits per heavy atom. The molecule has 0 saturated heterocycles. The van der Waals surface area contributed by atoms with Crippen LogP contribution in [0, 0.1) is 6.92 Å². The van der Waals surface area contributed by atoms with Gasteiger partial charge in [0.2, 0.25) is 0 Å². The number of halogens is 2. The van der Waals surface area contributed by atoms with Crippen molar-refractivity contribution in [3.8, 4) is 11.1 Å². The number of aromatic nitrogens is 1. The number of aryl methyl sites for hydroxylation is 1. The lowest BCUT2D eigenvalue weighted by molar-refractivity contribution is -0.134. The summed E-state index contributed by atoms with van der Waals surface area (Å²) >= 11 is 12.2. The first-order valence-electron chi connectivity index (χ1n) is 8.82. The van der Waals surface area contributed by atoms with Crippen LogP contribution in [0.1, 0.15) is 12.1 Å². The summed E-state index contributed by atoms with van der Waals surface area (Å²) in [5.74, 6) is -1.22. The molecule has 0 aliphatic rings. The van der Waals surface area contributed by atoms with Crippen molar-refractivity contribution < 1.29 is 17.4 Å². The standard InChI is InChI=1S/C21H19Cl2NO4S/c1-3-12-29(26,27)28-20(25)10-11-24-14(2)21(15-4-6-16(22)7-5-15)18-13-17(23)8-9-19(18)24/h3-9,13H,1,10-12H2,2H3. The van der Waals surface area contributed by atoms with E-state index >= 15 is 0 Å². The average molecular weight is 452 g/mol. The Morgan fingerprint density at radius 1 is 1.14 bits per heavy atom. The van der Waals surface area contributed by atoms with Crippen LogP contribution in [-0.2, 0) is 25.6 Å². The minimum absolute atomic E-state index is 0.0936. The van der Waals surface area contributed by atoms with Crippen molar-refractivity contribution in [2.45, 2.75) is 19.9 Å². The zero-order valence-corrected chi connectivity index (χ0v) is 18.0. The third kappa shape index (κ3) is 4.83. The van der Waals surface area contributed by atoms with E-state index in [1.165, 1.54) is 6.08 Å². The SMILES string of the molecule is C=CCS(=O)(=O)OC(=O)CCn1c(C)c(-c2ccc(Cl)cc2)c2cc(Cl)ccc21. The molecule has 0 spiro atoms. The second-order valence-electron chi connectivity index (χ2n) is 6.50. The minimum atomic E-state index is -3.94. The Morgan fingerprint density at radius 2 is 1.79 bits per heavy atom. The zero-order chi connectivity index (χ0) is 21.2. The molecule has 8 heteroatoms. The van der Waals surface area contributed by atoms with Gasteiger partial charge in [-0.1, -0.05) is 41.4 Å². The number of hydrogen-bond acceptors (Lipinski definition) is 4. The van der Waals surface area contributed by atoms with Crippen LogP contribution in [0.5, 0.6) is 0 Å². The van der Waals surface area contributed by atoms with Gasteiger partial charge >= 0.3 is 16.1 Å². The largest absolute Gasteiger partial charge is 0.345 e. The van der Waals surface area contributed by atoms with E-state index in [1.807, 2.05) is 47.9 Å². The van der Waals surface area contributed by atoms with Crippen LogP contribution in [0.4, 0.5) is 0 Å². The van der Waals surface area contributed by atoms with Gasteiger partial charge in [-0.15, -0.1) is 6.58 Å². The Labute approximate surface area is 179 Å². The Balaban J connectivity index is 1.96. The van der Waals surface area contributed by atoms with Gasteiger partial charge in [0.25, 0.3) is 0 Å². The summed E-state index contributed by atoms with van der Waals surface area (Å²) in [5.41, 5.74) is 3.76. The fourth-order valence-corrected chi connectivity index (χ4v) is 4.31. The number of hydrogen-bond donors (Lipinski definition) is 0. The maximum atomic E-state index is 12.0. The van der Waals surface area contributed by atoms with Crippen LogP contribution in [0.15, 0.2) is 55.1 Å². The molecule has 0 N–H and O–H groups in total. The van der Waals surface area contributed by atoms with Crippen LogP contribution < -0.4 is 0 Å². The fraction of sp³-hybridized carbons (Fsp3) is 0.190. The highest BCUT2D eigenvalue weighted by Gasteiger charge is 2.19. The van der Waals surface area contributed by atoms with Gasteiger partial charge in [-0.3, -0.25) is 4.79 Å². The predicted molar refractivity (Wildman–Crippen MR) is 117 cm³/mol. The number of benzene rings is 2. The maximum Gasteiger partial charge on any atom is 0.323 e. The smallest absolute Gasteiger partial charge is 0.323 e. The van der Waals surface area contributed by atoms with Gasteiger partial charge in [0.15, 0.2) is 0 Å². The molecule has 3 rings (SSSR count). The highest BCUT2D eigenvalue weighted by molar-refractivity contribution is 7.87. The van der Waals surface area contributed by atoms with Crippen LogP contribution in [0.25, 0.3) is 22.0 Å². The van der Waals surface area contributed by atoms with Gasteiger partial charge in [-0.2, -0.15) is 8.42 Å². The second kappa shape index (κ2) is 8.61. The summed E-state index contributed by atoms with van der Waals surface area (Å²) in [6.45, 7) is 5.55. The predicted octanol–water partition coefficient (Wildman–Crippen LogP) is 5.37. The van der Waals surface area contributed by atoms with Gasteiger partial charge < -0.3 is 8.75 Å². The molecule has 0 saturated carbocycles. The van der Waals surface area contributed by atoms with E-state index < -0.39 is 21.8 Å². The Kier molecular flexibility index (Phi) is 6.36. The molecule has 0 unspecified atom stereocenters. The zero-order valence-electron chi connectivity index (χ0n) is 15.7. The summed E-state index contributed by atoms with van der Waals surface area (Å²) in [4.78, 5) is 12.0. The van der Waals surface area contributed by atoms with Gasteiger partial charge in [-0.25, -0.2) is 0 Å². The lowest BCUT2D eigenvalue weighted by atomic mass is 10.0. The first-order valence-corrected chi connectivity index (χ1v) is 11.2. The monoisotopic (exact) mass is 451 g/mol. The Bertz CT molecular complexity index is 1180. The van der Waals surface area contributed by atoms with Crippen molar-refractivity contribution in [1.29, 1.82) is 0 Å². The molecule has 0 fully saturated rings. The molecule has 0 radical (unpaired) electrons. The molecule has 0 bridgehead atoms. The third-order valence-electron chi connectivity index (χ3n) is 4.50. The molecule has 152 valence electrons. The van der Waals surface area contributed by atoms with Crippen LogP contribution >= 0.6 is 23.2 Å². The lowest BCUT2D eigenvalue weighted by Gasteiger charge is -2.09. The first-order chi connectivity index (χ1) is 13.7. The van der Waals surface area contributed by atoms with Gasteiger partial charge in [0, 0.05) is 38.8 Å². The Hall–Kier alpha value is -2.28. The second-order valence-corrected chi connectivity index (χ2v) is 8.99. The minimum Gasteiger partial charge on any atom is -0.345 e. The van der Waals surface area contributed by atoms with Crippen molar-refractivity contribution in [2.24, 2.45) is 0 Å². The van der Waals surface area contributed by atoms with Crippen molar-refractivity contribution >= 4 is 50.2 Å². The number of carbonyl (C=O) groups excluding carboxylic acids is 1.